The molecular formula is C16H15ClN2O2. The molecule has 108 valence electrons. The Labute approximate surface area is 127 Å². The van der Waals surface area contributed by atoms with Crippen molar-refractivity contribution in [2.75, 3.05) is 0 Å². The third kappa shape index (κ3) is 2.36. The topological polar surface area (TPSA) is 48.0 Å². The van der Waals surface area contributed by atoms with Crippen LogP contribution in [0.5, 0.6) is 0 Å². The third-order valence-electron chi connectivity index (χ3n) is 3.53. The molecule has 0 N–H and O–H groups in total. The Morgan fingerprint density at radius 2 is 1.95 bits per heavy atom. The second-order valence-electron chi connectivity index (χ2n) is 4.97. The Morgan fingerprint density at radius 3 is 2.62 bits per heavy atom. The number of hydrogen-bond acceptors (Lipinski definition) is 3. The Morgan fingerprint density at radius 1 is 1.19 bits per heavy atom. The largest absolute Gasteiger partial charge is 0.467 e. The van der Waals surface area contributed by atoms with Crippen LogP contribution in [0.25, 0.3) is 10.9 Å². The number of halogens is 1. The van der Waals surface area contributed by atoms with E-state index < -0.39 is 0 Å². The molecule has 0 spiro atoms. The molecule has 21 heavy (non-hydrogen) atoms. The molecule has 3 rings (SSSR count). The number of nitrogens with zero attached hydrogens (tertiary/aromatic N) is 2. The maximum atomic E-state index is 12.8. The van der Waals surface area contributed by atoms with E-state index in [1.54, 1.807) is 23.0 Å². The van der Waals surface area contributed by atoms with Gasteiger partial charge in [0.25, 0.3) is 5.56 Å². The van der Waals surface area contributed by atoms with E-state index in [4.69, 9.17) is 16.0 Å². The van der Waals surface area contributed by atoms with Gasteiger partial charge in [0, 0.05) is 0 Å². The predicted molar refractivity (Wildman–Crippen MR) is 82.8 cm³/mol. The highest BCUT2D eigenvalue weighted by atomic mass is 35.5. The summed E-state index contributed by atoms with van der Waals surface area (Å²) in [6, 6.07) is 10.7. The van der Waals surface area contributed by atoms with E-state index in [-0.39, 0.29) is 17.0 Å². The number of para-hydroxylation sites is 1. The molecule has 0 saturated heterocycles. The lowest BCUT2D eigenvalue weighted by molar-refractivity contribution is 0.430. The van der Waals surface area contributed by atoms with Crippen molar-refractivity contribution in [2.24, 2.45) is 0 Å². The highest BCUT2D eigenvalue weighted by molar-refractivity contribution is 6.20. The van der Waals surface area contributed by atoms with Gasteiger partial charge in [0.05, 0.1) is 28.6 Å². The smallest absolute Gasteiger partial charge is 0.262 e. The zero-order valence-corrected chi connectivity index (χ0v) is 12.5. The van der Waals surface area contributed by atoms with Crippen molar-refractivity contribution in [3.63, 3.8) is 0 Å². The number of rotatable bonds is 3. The quantitative estimate of drug-likeness (QED) is 0.689. The Kier molecular flexibility index (Phi) is 3.55. The monoisotopic (exact) mass is 302 g/mol. The van der Waals surface area contributed by atoms with E-state index in [0.29, 0.717) is 22.5 Å². The first-order chi connectivity index (χ1) is 10.1. The fourth-order valence-corrected chi connectivity index (χ4v) is 2.63. The summed E-state index contributed by atoms with van der Waals surface area (Å²) >= 11 is 6.23. The van der Waals surface area contributed by atoms with Crippen LogP contribution >= 0.6 is 11.6 Å². The van der Waals surface area contributed by atoms with Crippen molar-refractivity contribution in [2.45, 2.75) is 25.3 Å². The van der Waals surface area contributed by atoms with Crippen molar-refractivity contribution < 1.29 is 4.42 Å². The Bertz CT molecular complexity index is 822. The molecule has 0 bridgehead atoms. The van der Waals surface area contributed by atoms with Gasteiger partial charge < -0.3 is 4.42 Å². The first-order valence-electron chi connectivity index (χ1n) is 6.78. The van der Waals surface area contributed by atoms with Crippen LogP contribution in [0.15, 0.2) is 51.9 Å². The zero-order chi connectivity index (χ0) is 15.0. The number of hydrogen-bond donors (Lipinski definition) is 0. The first-order valence-corrected chi connectivity index (χ1v) is 7.22. The van der Waals surface area contributed by atoms with Crippen molar-refractivity contribution in [3.8, 4) is 0 Å². The summed E-state index contributed by atoms with van der Waals surface area (Å²) in [5, 5.41) is 0.205. The van der Waals surface area contributed by atoms with Crippen LogP contribution in [0, 0.1) is 0 Å². The van der Waals surface area contributed by atoms with E-state index in [2.05, 4.69) is 4.98 Å². The summed E-state index contributed by atoms with van der Waals surface area (Å²) in [4.78, 5) is 17.4. The van der Waals surface area contributed by atoms with Gasteiger partial charge in [-0.2, -0.15) is 0 Å². The number of aromatic nitrogens is 2. The van der Waals surface area contributed by atoms with Crippen molar-refractivity contribution in [3.05, 3.63) is 64.6 Å². The molecule has 1 aromatic carbocycles. The van der Waals surface area contributed by atoms with Crippen LogP contribution in [-0.4, -0.2) is 9.55 Å². The predicted octanol–water partition coefficient (Wildman–Crippen LogP) is 3.90. The Hall–Kier alpha value is -2.07. The van der Waals surface area contributed by atoms with Gasteiger partial charge in [0.2, 0.25) is 0 Å². The highest BCUT2D eigenvalue weighted by Gasteiger charge is 2.21. The molecule has 2 aromatic heterocycles. The van der Waals surface area contributed by atoms with E-state index in [1.165, 1.54) is 0 Å². The van der Waals surface area contributed by atoms with Gasteiger partial charge in [0.1, 0.15) is 11.6 Å². The summed E-state index contributed by atoms with van der Waals surface area (Å²) in [6.45, 7) is 3.71. The minimum Gasteiger partial charge on any atom is -0.467 e. The van der Waals surface area contributed by atoms with Crippen LogP contribution in [0.4, 0.5) is 0 Å². The average Bonchev–Trinajstić information content (AvgIpc) is 3.00. The SMILES string of the molecule is CC(Cl)c1nc2ccccc2c(=O)n1C(C)c1ccco1. The summed E-state index contributed by atoms with van der Waals surface area (Å²) in [5.41, 5.74) is 0.555. The second kappa shape index (κ2) is 5.37. The molecule has 0 aliphatic rings. The van der Waals surface area contributed by atoms with Gasteiger partial charge >= 0.3 is 0 Å². The maximum absolute atomic E-state index is 12.8. The summed E-state index contributed by atoms with van der Waals surface area (Å²) in [5.74, 6) is 1.25. The van der Waals surface area contributed by atoms with Crippen molar-refractivity contribution >= 4 is 22.5 Å². The fourth-order valence-electron chi connectivity index (χ4n) is 2.47. The zero-order valence-electron chi connectivity index (χ0n) is 11.8. The van der Waals surface area contributed by atoms with Crippen molar-refractivity contribution in [1.82, 2.24) is 9.55 Å². The lowest BCUT2D eigenvalue weighted by atomic mass is 10.2. The minimum absolute atomic E-state index is 0.105. The van der Waals surface area contributed by atoms with E-state index in [0.717, 1.165) is 0 Å². The molecule has 2 unspecified atom stereocenters. The van der Waals surface area contributed by atoms with Crippen LogP contribution < -0.4 is 5.56 Å². The molecule has 5 heteroatoms. The number of furan rings is 1. The minimum atomic E-state index is -0.375. The molecule has 0 saturated carbocycles. The maximum Gasteiger partial charge on any atom is 0.262 e. The van der Waals surface area contributed by atoms with E-state index in [1.807, 2.05) is 38.1 Å². The van der Waals surface area contributed by atoms with Crippen LogP contribution in [0.3, 0.4) is 0 Å². The molecule has 2 heterocycles. The molecular weight excluding hydrogens is 288 g/mol. The van der Waals surface area contributed by atoms with Crippen molar-refractivity contribution in [1.29, 1.82) is 0 Å². The Balaban J connectivity index is 2.31. The molecule has 0 fully saturated rings. The molecule has 3 aromatic rings. The molecule has 4 nitrogen and oxygen atoms in total. The van der Waals surface area contributed by atoms with Crippen LogP contribution in [0.2, 0.25) is 0 Å². The molecule has 0 amide bonds. The number of alkyl halides is 1. The second-order valence-corrected chi connectivity index (χ2v) is 5.62. The normalized spacial score (nSPS) is 14.2. The van der Waals surface area contributed by atoms with Gasteiger partial charge in [-0.3, -0.25) is 9.36 Å². The number of fused-ring (bicyclic) bond motifs is 1. The summed E-state index contributed by atoms with van der Waals surface area (Å²) in [7, 11) is 0. The summed E-state index contributed by atoms with van der Waals surface area (Å²) in [6.07, 6.45) is 1.59. The van der Waals surface area contributed by atoms with Crippen LogP contribution in [0.1, 0.15) is 36.9 Å². The highest BCUT2D eigenvalue weighted by Crippen LogP contribution is 2.25. The van der Waals surface area contributed by atoms with Gasteiger partial charge in [-0.25, -0.2) is 4.98 Å². The molecule has 0 aliphatic heterocycles. The van der Waals surface area contributed by atoms with E-state index >= 15 is 0 Å². The van der Waals surface area contributed by atoms with Gasteiger partial charge in [0.15, 0.2) is 0 Å². The van der Waals surface area contributed by atoms with Gasteiger partial charge in [-0.15, -0.1) is 11.6 Å². The third-order valence-corrected chi connectivity index (χ3v) is 3.73. The van der Waals surface area contributed by atoms with Gasteiger partial charge in [-0.1, -0.05) is 12.1 Å². The fraction of sp³-hybridized carbons (Fsp3) is 0.250. The molecule has 2 atom stereocenters. The molecule has 0 aliphatic carbocycles. The standard InChI is InChI=1S/C16H15ClN2O2/c1-10(17)15-18-13-7-4-3-6-12(13)16(20)19(15)11(2)14-8-5-9-21-14/h3-11H,1-2H3. The number of benzene rings is 1. The lowest BCUT2D eigenvalue weighted by Gasteiger charge is -2.19. The molecule has 0 radical (unpaired) electrons. The lowest BCUT2D eigenvalue weighted by Crippen LogP contribution is -2.28. The van der Waals surface area contributed by atoms with Gasteiger partial charge in [-0.05, 0) is 38.1 Å². The van der Waals surface area contributed by atoms with Crippen LogP contribution in [-0.2, 0) is 0 Å². The average molecular weight is 303 g/mol. The van der Waals surface area contributed by atoms with E-state index in [9.17, 15) is 4.79 Å². The first kappa shape index (κ1) is 13.9. The summed E-state index contributed by atoms with van der Waals surface area (Å²) < 4.78 is 7.03.